The highest BCUT2D eigenvalue weighted by atomic mass is 16.6. The number of ether oxygens (including phenoxy) is 3. The van der Waals surface area contributed by atoms with Gasteiger partial charge in [0.1, 0.15) is 13.2 Å². The molecule has 0 aromatic carbocycles. The maximum absolute atomic E-state index is 12.8. The van der Waals surface area contributed by atoms with Crippen molar-refractivity contribution in [2.75, 3.05) is 13.2 Å². The molecular formula is C63H106O6. The van der Waals surface area contributed by atoms with E-state index in [0.29, 0.717) is 19.3 Å². The molecule has 0 aliphatic rings. The molecule has 0 saturated heterocycles. The van der Waals surface area contributed by atoms with Gasteiger partial charge >= 0.3 is 17.9 Å². The number of allylic oxidation sites excluding steroid dienone is 16. The molecule has 0 saturated carbocycles. The van der Waals surface area contributed by atoms with E-state index in [1.54, 1.807) is 0 Å². The molecule has 0 radical (unpaired) electrons. The molecule has 0 aliphatic carbocycles. The van der Waals surface area contributed by atoms with Gasteiger partial charge in [-0.3, -0.25) is 14.4 Å². The average Bonchev–Trinajstić information content (AvgIpc) is 3.35. The third-order valence-electron chi connectivity index (χ3n) is 12.0. The van der Waals surface area contributed by atoms with Gasteiger partial charge in [0, 0.05) is 19.3 Å². The maximum Gasteiger partial charge on any atom is 0.306 e. The van der Waals surface area contributed by atoms with Crippen LogP contribution in [0.15, 0.2) is 97.2 Å². The van der Waals surface area contributed by atoms with E-state index in [9.17, 15) is 14.4 Å². The summed E-state index contributed by atoms with van der Waals surface area (Å²) in [6, 6.07) is 0. The van der Waals surface area contributed by atoms with Crippen LogP contribution in [-0.4, -0.2) is 37.2 Å². The lowest BCUT2D eigenvalue weighted by Gasteiger charge is -2.18. The number of hydrogen-bond donors (Lipinski definition) is 0. The molecular weight excluding hydrogens is 853 g/mol. The van der Waals surface area contributed by atoms with Crippen molar-refractivity contribution >= 4 is 17.9 Å². The number of carbonyl (C=O) groups excluding carboxylic acids is 3. The predicted molar refractivity (Wildman–Crippen MR) is 297 cm³/mol. The number of unbranched alkanes of at least 4 members (excludes halogenated alkanes) is 24. The van der Waals surface area contributed by atoms with Crippen LogP contribution in [0.25, 0.3) is 0 Å². The standard InChI is InChI=1S/C63H106O6/c1-4-7-10-13-16-19-22-25-27-29-31-33-35-38-41-44-47-50-53-56-62(65)68-59-60(58-67-61(64)55-52-49-46-43-40-37-24-21-18-15-12-9-6-3)69-63(66)57-54-51-48-45-42-39-36-34-32-30-28-26-23-20-17-14-11-8-5-2/h16-17,19-21,24-28,32,34,39,42,48,51,60H,4-15,18,22-23,29-31,33,35-38,40-41,43-47,49-50,52-59H2,1-3H3/b19-16-,20-17-,24-21-,27-25-,28-26-,34-32-,42-39-,51-48-/t60-/m0/s1. The Labute approximate surface area is 426 Å². The Balaban J connectivity index is 4.50. The molecule has 0 spiro atoms. The second-order valence-electron chi connectivity index (χ2n) is 18.8. The summed E-state index contributed by atoms with van der Waals surface area (Å²) in [5.74, 6) is -1.01. The van der Waals surface area contributed by atoms with Crippen LogP contribution in [0.4, 0.5) is 0 Å². The maximum atomic E-state index is 12.8. The largest absolute Gasteiger partial charge is 0.462 e. The Morgan fingerprint density at radius 2 is 0.551 bits per heavy atom. The number of carbonyl (C=O) groups is 3. The molecule has 0 fully saturated rings. The van der Waals surface area contributed by atoms with Crippen molar-refractivity contribution in [3.63, 3.8) is 0 Å². The third kappa shape index (κ3) is 55.1. The van der Waals surface area contributed by atoms with Gasteiger partial charge in [0.2, 0.25) is 0 Å². The van der Waals surface area contributed by atoms with Crippen LogP contribution in [0.5, 0.6) is 0 Å². The fourth-order valence-electron chi connectivity index (χ4n) is 7.68. The number of esters is 3. The van der Waals surface area contributed by atoms with Gasteiger partial charge in [-0.15, -0.1) is 0 Å². The van der Waals surface area contributed by atoms with Gasteiger partial charge in [-0.05, 0) is 116 Å². The van der Waals surface area contributed by atoms with E-state index in [-0.39, 0.29) is 31.6 Å². The van der Waals surface area contributed by atoms with Crippen molar-refractivity contribution in [1.82, 2.24) is 0 Å². The van der Waals surface area contributed by atoms with Crippen LogP contribution in [-0.2, 0) is 28.6 Å². The first-order valence-electron chi connectivity index (χ1n) is 28.7. The fourth-order valence-corrected chi connectivity index (χ4v) is 7.68. The Morgan fingerprint density at radius 3 is 0.913 bits per heavy atom. The zero-order valence-corrected chi connectivity index (χ0v) is 45.0. The minimum Gasteiger partial charge on any atom is -0.462 e. The Hall–Kier alpha value is -3.67. The van der Waals surface area contributed by atoms with Crippen LogP contribution in [0.2, 0.25) is 0 Å². The summed E-state index contributed by atoms with van der Waals surface area (Å²) in [5.41, 5.74) is 0. The van der Waals surface area contributed by atoms with E-state index < -0.39 is 12.1 Å². The molecule has 1 atom stereocenters. The van der Waals surface area contributed by atoms with Gasteiger partial charge in [0.25, 0.3) is 0 Å². The summed E-state index contributed by atoms with van der Waals surface area (Å²) in [5, 5.41) is 0. The highest BCUT2D eigenvalue weighted by Gasteiger charge is 2.19. The molecule has 394 valence electrons. The highest BCUT2D eigenvalue weighted by molar-refractivity contribution is 5.71. The van der Waals surface area contributed by atoms with E-state index in [2.05, 4.69) is 112 Å². The first-order valence-corrected chi connectivity index (χ1v) is 28.7. The first-order chi connectivity index (χ1) is 34.0. The van der Waals surface area contributed by atoms with Gasteiger partial charge in [-0.2, -0.15) is 0 Å². The van der Waals surface area contributed by atoms with Gasteiger partial charge in [0.15, 0.2) is 6.10 Å². The first kappa shape index (κ1) is 65.3. The lowest BCUT2D eigenvalue weighted by Crippen LogP contribution is -2.30. The molecule has 0 aliphatic heterocycles. The smallest absolute Gasteiger partial charge is 0.306 e. The van der Waals surface area contributed by atoms with E-state index in [1.807, 2.05) is 6.08 Å². The van der Waals surface area contributed by atoms with Crippen molar-refractivity contribution in [3.05, 3.63) is 97.2 Å². The molecule has 0 aromatic rings. The topological polar surface area (TPSA) is 78.9 Å². The van der Waals surface area contributed by atoms with Crippen LogP contribution in [0.1, 0.15) is 265 Å². The number of rotatable bonds is 51. The minimum absolute atomic E-state index is 0.112. The molecule has 6 heteroatoms. The monoisotopic (exact) mass is 959 g/mol. The van der Waals surface area contributed by atoms with Crippen molar-refractivity contribution in [2.24, 2.45) is 0 Å². The second-order valence-corrected chi connectivity index (χ2v) is 18.8. The molecule has 0 unspecified atom stereocenters. The van der Waals surface area contributed by atoms with Crippen LogP contribution >= 0.6 is 0 Å². The Bertz CT molecular complexity index is 1380. The molecule has 0 aromatic heterocycles. The van der Waals surface area contributed by atoms with Crippen molar-refractivity contribution in [3.8, 4) is 0 Å². The molecule has 0 bridgehead atoms. The quantitative estimate of drug-likeness (QED) is 0.0262. The van der Waals surface area contributed by atoms with Gasteiger partial charge in [-0.25, -0.2) is 0 Å². The van der Waals surface area contributed by atoms with Crippen LogP contribution in [0, 0.1) is 0 Å². The molecule has 0 rings (SSSR count). The summed E-state index contributed by atoms with van der Waals surface area (Å²) in [6.45, 7) is 6.50. The van der Waals surface area contributed by atoms with Crippen molar-refractivity contribution < 1.29 is 28.6 Å². The van der Waals surface area contributed by atoms with E-state index in [0.717, 1.165) is 83.5 Å². The Morgan fingerprint density at radius 1 is 0.290 bits per heavy atom. The van der Waals surface area contributed by atoms with Crippen LogP contribution in [0.3, 0.4) is 0 Å². The second kappa shape index (κ2) is 56.9. The molecule has 69 heavy (non-hydrogen) atoms. The lowest BCUT2D eigenvalue weighted by atomic mass is 10.1. The summed E-state index contributed by atoms with van der Waals surface area (Å²) in [7, 11) is 0. The summed E-state index contributed by atoms with van der Waals surface area (Å²) >= 11 is 0. The summed E-state index contributed by atoms with van der Waals surface area (Å²) in [4.78, 5) is 38.1. The SMILES string of the molecule is CCCCC/C=C\C/C=C\C/C=C\C/C=C\C/C=C\CCC(=O)O[C@@H](COC(=O)CCCCCCC/C=C\CCCCCC)COC(=O)CCCCCCCCCCC/C=C\C/C=C\CCCCC. The van der Waals surface area contributed by atoms with Gasteiger partial charge in [-0.1, -0.05) is 227 Å². The summed E-state index contributed by atoms with van der Waals surface area (Å²) < 4.78 is 16.8. The molecule has 0 amide bonds. The van der Waals surface area contributed by atoms with Gasteiger partial charge in [0.05, 0.1) is 0 Å². The number of hydrogen-bond acceptors (Lipinski definition) is 6. The normalized spacial score (nSPS) is 12.8. The fraction of sp³-hybridized carbons (Fsp3) is 0.698. The molecule has 0 N–H and O–H groups in total. The zero-order chi connectivity index (χ0) is 50.0. The average molecular weight is 960 g/mol. The van der Waals surface area contributed by atoms with Crippen molar-refractivity contribution in [2.45, 2.75) is 271 Å². The van der Waals surface area contributed by atoms with E-state index >= 15 is 0 Å². The third-order valence-corrected chi connectivity index (χ3v) is 12.0. The molecule has 6 nitrogen and oxygen atoms in total. The van der Waals surface area contributed by atoms with E-state index in [4.69, 9.17) is 14.2 Å². The van der Waals surface area contributed by atoms with E-state index in [1.165, 1.54) is 135 Å². The zero-order valence-electron chi connectivity index (χ0n) is 45.0. The Kier molecular flexibility index (Phi) is 53.9. The summed E-state index contributed by atoms with van der Waals surface area (Å²) in [6.07, 6.45) is 75.5. The predicted octanol–water partition coefficient (Wildman–Crippen LogP) is 19.3. The highest BCUT2D eigenvalue weighted by Crippen LogP contribution is 2.14. The van der Waals surface area contributed by atoms with Crippen molar-refractivity contribution in [1.29, 1.82) is 0 Å². The van der Waals surface area contributed by atoms with Crippen LogP contribution < -0.4 is 0 Å². The van der Waals surface area contributed by atoms with Gasteiger partial charge < -0.3 is 14.2 Å². The lowest BCUT2D eigenvalue weighted by molar-refractivity contribution is -0.166. The minimum atomic E-state index is -0.823. The molecule has 0 heterocycles.